The van der Waals surface area contributed by atoms with Crippen LogP contribution in [0.3, 0.4) is 0 Å². The van der Waals surface area contributed by atoms with Crippen molar-refractivity contribution in [2.75, 3.05) is 18.0 Å². The molecule has 1 aromatic rings. The van der Waals surface area contributed by atoms with E-state index in [9.17, 15) is 5.11 Å². The van der Waals surface area contributed by atoms with Crippen molar-refractivity contribution in [1.29, 1.82) is 0 Å². The largest absolute Gasteiger partial charge is 0.385 e. The number of piperidine rings is 1. The van der Waals surface area contributed by atoms with Gasteiger partial charge in [-0.1, -0.05) is 12.1 Å². The molecule has 0 aromatic heterocycles. The Balaban J connectivity index is 1.56. The molecule has 0 radical (unpaired) electrons. The fourth-order valence-electron chi connectivity index (χ4n) is 3.00. The molecule has 1 aliphatic heterocycles. The van der Waals surface area contributed by atoms with Gasteiger partial charge in [-0.25, -0.2) is 0 Å². The first-order valence-electron chi connectivity index (χ1n) is 6.32. The van der Waals surface area contributed by atoms with Crippen LogP contribution in [0.1, 0.15) is 24.8 Å². The van der Waals surface area contributed by atoms with Gasteiger partial charge in [0.25, 0.3) is 0 Å². The molecule has 1 saturated heterocycles. The summed E-state index contributed by atoms with van der Waals surface area (Å²) in [7, 11) is 0. The molecular formula is C14H17NO. The number of hydrogen-bond acceptors (Lipinski definition) is 2. The van der Waals surface area contributed by atoms with E-state index in [-0.39, 0.29) is 0 Å². The summed E-state index contributed by atoms with van der Waals surface area (Å²) in [5, 5.41) is 9.99. The van der Waals surface area contributed by atoms with E-state index in [2.05, 4.69) is 29.2 Å². The molecule has 3 fully saturated rings. The Bertz CT molecular complexity index is 411. The highest BCUT2D eigenvalue weighted by Crippen LogP contribution is 2.48. The van der Waals surface area contributed by atoms with Gasteiger partial charge in [0, 0.05) is 18.8 Å². The van der Waals surface area contributed by atoms with Crippen LogP contribution in [0, 0.1) is 11.8 Å². The van der Waals surface area contributed by atoms with Crippen molar-refractivity contribution >= 4 is 5.69 Å². The molecule has 84 valence electrons. The van der Waals surface area contributed by atoms with Crippen molar-refractivity contribution < 1.29 is 5.11 Å². The number of aliphatic hydroxyl groups is 1. The molecule has 0 amide bonds. The number of nitrogens with zero attached hydrogens (tertiary/aromatic N) is 1. The maximum Gasteiger partial charge on any atom is 0.0899 e. The van der Waals surface area contributed by atoms with Crippen molar-refractivity contribution in [1.82, 2.24) is 0 Å². The van der Waals surface area contributed by atoms with Crippen LogP contribution in [-0.4, -0.2) is 18.2 Å². The molecule has 2 nitrogen and oxygen atoms in total. The lowest BCUT2D eigenvalue weighted by Gasteiger charge is -2.21. The summed E-state index contributed by atoms with van der Waals surface area (Å²) in [4.78, 5) is 2.49. The molecule has 0 bridgehead atoms. The molecule has 0 spiro atoms. The van der Waals surface area contributed by atoms with Gasteiger partial charge in [0.2, 0.25) is 0 Å². The third kappa shape index (κ3) is 1.29. The van der Waals surface area contributed by atoms with Crippen molar-refractivity contribution in [2.45, 2.75) is 24.9 Å². The van der Waals surface area contributed by atoms with Gasteiger partial charge in [0.1, 0.15) is 0 Å². The molecule has 1 N–H and O–H groups in total. The average molecular weight is 215 g/mol. The molecule has 1 aromatic carbocycles. The molecule has 2 saturated carbocycles. The Morgan fingerprint density at radius 3 is 2.25 bits per heavy atom. The van der Waals surface area contributed by atoms with Crippen molar-refractivity contribution in [3.8, 4) is 0 Å². The Hall–Kier alpha value is -1.02. The predicted octanol–water partition coefficient (Wildman–Crippen LogP) is 2.12. The zero-order chi connectivity index (χ0) is 10.8. The minimum absolute atomic E-state index is 0.480. The lowest BCUT2D eigenvalue weighted by Crippen LogP contribution is -2.21. The van der Waals surface area contributed by atoms with Gasteiger partial charge in [0.15, 0.2) is 0 Å². The maximum atomic E-state index is 9.99. The van der Waals surface area contributed by atoms with Crippen molar-refractivity contribution in [2.24, 2.45) is 11.8 Å². The SMILES string of the molecule is OC1(c2ccc(N3CC4CC4C3)cc2)CC1. The fourth-order valence-corrected chi connectivity index (χ4v) is 3.00. The summed E-state index contributed by atoms with van der Waals surface area (Å²) in [6, 6.07) is 8.56. The summed E-state index contributed by atoms with van der Waals surface area (Å²) in [6.07, 6.45) is 3.31. The van der Waals surface area contributed by atoms with Gasteiger partial charge >= 0.3 is 0 Å². The quantitative estimate of drug-likeness (QED) is 0.817. The molecule has 4 rings (SSSR count). The number of fused-ring (bicyclic) bond motifs is 1. The van der Waals surface area contributed by atoms with Gasteiger partial charge in [-0.05, 0) is 48.8 Å². The summed E-state index contributed by atoms with van der Waals surface area (Å²) in [5.41, 5.74) is 1.95. The summed E-state index contributed by atoms with van der Waals surface area (Å²) < 4.78 is 0. The minimum Gasteiger partial charge on any atom is -0.385 e. The predicted molar refractivity (Wildman–Crippen MR) is 63.4 cm³/mol. The normalized spacial score (nSPS) is 33.7. The minimum atomic E-state index is -0.480. The topological polar surface area (TPSA) is 23.5 Å². The second-order valence-electron chi connectivity index (χ2n) is 5.74. The van der Waals surface area contributed by atoms with Crippen molar-refractivity contribution in [3.63, 3.8) is 0 Å². The average Bonchev–Trinajstić information content (AvgIpc) is 3.21. The standard InChI is InChI=1S/C14H17NO/c16-14(5-6-14)12-1-3-13(4-2-12)15-8-10-7-11(10)9-15/h1-4,10-11,16H,5-9H2. The Morgan fingerprint density at radius 2 is 1.69 bits per heavy atom. The van der Waals surface area contributed by atoms with Gasteiger partial charge in [-0.2, -0.15) is 0 Å². The number of anilines is 1. The molecular weight excluding hydrogens is 198 g/mol. The van der Waals surface area contributed by atoms with E-state index in [1.807, 2.05) is 0 Å². The molecule has 16 heavy (non-hydrogen) atoms. The number of hydrogen-bond donors (Lipinski definition) is 1. The van der Waals surface area contributed by atoms with Crippen molar-refractivity contribution in [3.05, 3.63) is 29.8 Å². The van der Waals surface area contributed by atoms with E-state index in [0.717, 1.165) is 30.2 Å². The molecule has 2 atom stereocenters. The van der Waals surface area contributed by atoms with Gasteiger partial charge in [-0.15, -0.1) is 0 Å². The first-order valence-corrected chi connectivity index (χ1v) is 6.32. The Kier molecular flexibility index (Phi) is 1.59. The number of rotatable bonds is 2. The van der Waals surface area contributed by atoms with Crippen LogP contribution in [0.4, 0.5) is 5.69 Å². The lowest BCUT2D eigenvalue weighted by atomic mass is 10.1. The van der Waals surface area contributed by atoms with Crippen LogP contribution in [-0.2, 0) is 5.60 Å². The van der Waals surface area contributed by atoms with Crippen LogP contribution in [0.25, 0.3) is 0 Å². The van der Waals surface area contributed by atoms with Crippen LogP contribution in [0.15, 0.2) is 24.3 Å². The summed E-state index contributed by atoms with van der Waals surface area (Å²) in [5.74, 6) is 1.96. The second-order valence-corrected chi connectivity index (χ2v) is 5.74. The van der Waals surface area contributed by atoms with E-state index in [1.165, 1.54) is 25.2 Å². The molecule has 2 unspecified atom stereocenters. The highest BCUT2D eigenvalue weighted by atomic mass is 16.3. The third-order valence-corrected chi connectivity index (χ3v) is 4.47. The zero-order valence-electron chi connectivity index (χ0n) is 9.39. The third-order valence-electron chi connectivity index (χ3n) is 4.47. The van der Waals surface area contributed by atoms with Crippen LogP contribution >= 0.6 is 0 Å². The van der Waals surface area contributed by atoms with Crippen LogP contribution in [0.2, 0.25) is 0 Å². The molecule has 2 heteroatoms. The van der Waals surface area contributed by atoms with Gasteiger partial charge in [-0.3, -0.25) is 0 Å². The van der Waals surface area contributed by atoms with E-state index in [4.69, 9.17) is 0 Å². The smallest absolute Gasteiger partial charge is 0.0899 e. The van der Waals surface area contributed by atoms with E-state index in [0.29, 0.717) is 0 Å². The molecule has 3 aliphatic rings. The maximum absolute atomic E-state index is 9.99. The lowest BCUT2D eigenvalue weighted by molar-refractivity contribution is 0.151. The van der Waals surface area contributed by atoms with E-state index in [1.54, 1.807) is 0 Å². The first kappa shape index (κ1) is 9.06. The van der Waals surface area contributed by atoms with E-state index >= 15 is 0 Å². The highest BCUT2D eigenvalue weighted by molar-refractivity contribution is 5.50. The van der Waals surface area contributed by atoms with Crippen LogP contribution in [0.5, 0.6) is 0 Å². The number of benzene rings is 1. The van der Waals surface area contributed by atoms with Crippen LogP contribution < -0.4 is 4.90 Å². The second kappa shape index (κ2) is 2.80. The molecule has 1 heterocycles. The zero-order valence-corrected chi connectivity index (χ0v) is 9.39. The Labute approximate surface area is 95.9 Å². The summed E-state index contributed by atoms with van der Waals surface area (Å²) >= 11 is 0. The first-order chi connectivity index (χ1) is 7.74. The molecule has 2 aliphatic carbocycles. The van der Waals surface area contributed by atoms with Gasteiger partial charge < -0.3 is 10.0 Å². The Morgan fingerprint density at radius 1 is 1.06 bits per heavy atom. The monoisotopic (exact) mass is 215 g/mol. The summed E-state index contributed by atoms with van der Waals surface area (Å²) in [6.45, 7) is 2.49. The van der Waals surface area contributed by atoms with E-state index < -0.39 is 5.60 Å². The fraction of sp³-hybridized carbons (Fsp3) is 0.571. The highest BCUT2D eigenvalue weighted by Gasteiger charge is 2.45. The van der Waals surface area contributed by atoms with Gasteiger partial charge in [0.05, 0.1) is 5.60 Å².